The van der Waals surface area contributed by atoms with Crippen LogP contribution >= 0.6 is 11.6 Å². The Morgan fingerprint density at radius 3 is 2.27 bits per heavy atom. The number of rotatable bonds is 7. The second kappa shape index (κ2) is 10.9. The molecule has 0 aliphatic rings. The molecule has 9 heteroatoms. The highest BCUT2D eigenvalue weighted by molar-refractivity contribution is 6.30. The summed E-state index contributed by atoms with van der Waals surface area (Å²) in [4.78, 5) is 26.3. The van der Waals surface area contributed by atoms with Crippen LogP contribution in [0.1, 0.15) is 11.1 Å². The summed E-state index contributed by atoms with van der Waals surface area (Å²) in [5.41, 5.74) is 0.422. The third-order valence-electron chi connectivity index (χ3n) is 4.69. The minimum Gasteiger partial charge on any atom is -0.354 e. The smallest absolute Gasteiger partial charge is 0.354 e. The molecule has 0 bridgehead atoms. The third-order valence-corrected chi connectivity index (χ3v) is 4.94. The van der Waals surface area contributed by atoms with Crippen molar-refractivity contribution < 1.29 is 22.8 Å². The zero-order valence-corrected chi connectivity index (χ0v) is 18.2. The van der Waals surface area contributed by atoms with E-state index < -0.39 is 17.8 Å². The number of halogens is 4. The van der Waals surface area contributed by atoms with Gasteiger partial charge in [0.2, 0.25) is 5.91 Å². The number of benzene rings is 3. The molecule has 0 fully saturated rings. The van der Waals surface area contributed by atoms with Gasteiger partial charge in [-0.1, -0.05) is 48.0 Å². The Kier molecular flexibility index (Phi) is 7.95. The van der Waals surface area contributed by atoms with Crippen LogP contribution in [0.4, 0.5) is 29.3 Å². The summed E-state index contributed by atoms with van der Waals surface area (Å²) >= 11 is 5.85. The molecule has 33 heavy (non-hydrogen) atoms. The fraction of sp³-hybridized carbons (Fsp3) is 0.167. The molecule has 3 amide bonds. The molecule has 0 radical (unpaired) electrons. The third kappa shape index (κ3) is 7.25. The first-order valence-electron chi connectivity index (χ1n) is 10.0. The SMILES string of the molecule is O=C(Cc1ccccc1)NCCN(C(=O)Nc1ccc(Cl)cc1)c1cccc(C(F)(F)F)c1. The first-order valence-corrected chi connectivity index (χ1v) is 10.4. The summed E-state index contributed by atoms with van der Waals surface area (Å²) in [6.45, 7) is 0.0111. The Balaban J connectivity index is 1.73. The van der Waals surface area contributed by atoms with Crippen LogP contribution in [0.3, 0.4) is 0 Å². The first kappa shape index (κ1) is 24.1. The van der Waals surface area contributed by atoms with Crippen molar-refractivity contribution in [1.82, 2.24) is 5.32 Å². The first-order chi connectivity index (χ1) is 15.7. The fourth-order valence-corrected chi connectivity index (χ4v) is 3.20. The second-order valence-corrected chi connectivity index (χ2v) is 7.59. The monoisotopic (exact) mass is 475 g/mol. The minimum atomic E-state index is -4.56. The van der Waals surface area contributed by atoms with E-state index in [2.05, 4.69) is 10.6 Å². The number of hydrogen-bond acceptors (Lipinski definition) is 2. The largest absolute Gasteiger partial charge is 0.416 e. The molecule has 0 heterocycles. The lowest BCUT2D eigenvalue weighted by atomic mass is 10.1. The lowest BCUT2D eigenvalue weighted by Gasteiger charge is -2.24. The summed E-state index contributed by atoms with van der Waals surface area (Å²) in [5, 5.41) is 5.82. The molecule has 3 rings (SSSR count). The van der Waals surface area contributed by atoms with E-state index in [9.17, 15) is 22.8 Å². The Hall–Kier alpha value is -3.52. The number of amides is 3. The predicted octanol–water partition coefficient (Wildman–Crippen LogP) is 5.76. The summed E-state index contributed by atoms with van der Waals surface area (Å²) < 4.78 is 39.6. The van der Waals surface area contributed by atoms with Gasteiger partial charge in [0.05, 0.1) is 12.0 Å². The van der Waals surface area contributed by atoms with Gasteiger partial charge in [0.25, 0.3) is 0 Å². The number of hydrogen-bond donors (Lipinski definition) is 2. The highest BCUT2D eigenvalue weighted by Crippen LogP contribution is 2.31. The maximum Gasteiger partial charge on any atom is 0.416 e. The molecule has 0 saturated carbocycles. The maximum absolute atomic E-state index is 13.2. The van der Waals surface area contributed by atoms with Crippen molar-refractivity contribution in [1.29, 1.82) is 0 Å². The molecule has 0 unspecified atom stereocenters. The van der Waals surface area contributed by atoms with Crippen molar-refractivity contribution in [3.63, 3.8) is 0 Å². The van der Waals surface area contributed by atoms with E-state index in [0.29, 0.717) is 10.7 Å². The van der Waals surface area contributed by atoms with E-state index in [4.69, 9.17) is 11.6 Å². The summed E-state index contributed by atoms with van der Waals surface area (Å²) in [6, 6.07) is 19.2. The molecule has 0 saturated heterocycles. The number of anilines is 2. The van der Waals surface area contributed by atoms with Gasteiger partial charge in [-0.25, -0.2) is 4.79 Å². The van der Waals surface area contributed by atoms with Gasteiger partial charge in [-0.15, -0.1) is 0 Å². The van der Waals surface area contributed by atoms with E-state index in [1.807, 2.05) is 30.3 Å². The quantitative estimate of drug-likeness (QED) is 0.456. The lowest BCUT2D eigenvalue weighted by Crippen LogP contribution is -2.41. The van der Waals surface area contributed by atoms with E-state index >= 15 is 0 Å². The number of carbonyl (C=O) groups is 2. The van der Waals surface area contributed by atoms with Crippen LogP contribution in [0.2, 0.25) is 5.02 Å². The van der Waals surface area contributed by atoms with Gasteiger partial charge in [0, 0.05) is 29.5 Å². The number of nitrogens with one attached hydrogen (secondary N) is 2. The predicted molar refractivity (Wildman–Crippen MR) is 122 cm³/mol. The minimum absolute atomic E-state index is 0.0404. The zero-order valence-electron chi connectivity index (χ0n) is 17.4. The summed E-state index contributed by atoms with van der Waals surface area (Å²) in [6.07, 6.45) is -4.40. The highest BCUT2D eigenvalue weighted by Gasteiger charge is 2.31. The molecule has 5 nitrogen and oxygen atoms in total. The van der Waals surface area contributed by atoms with Crippen molar-refractivity contribution in [3.8, 4) is 0 Å². The van der Waals surface area contributed by atoms with Crippen LogP contribution in [0.15, 0.2) is 78.9 Å². The standard InChI is InChI=1S/C24H21ClF3N3O2/c25-19-9-11-20(12-10-19)30-23(33)31(21-8-4-7-18(16-21)24(26,27)28)14-13-29-22(32)15-17-5-2-1-3-6-17/h1-12,16H,13-15H2,(H,29,32)(H,30,33). The average Bonchev–Trinajstić information content (AvgIpc) is 2.78. The Morgan fingerprint density at radius 1 is 0.909 bits per heavy atom. The highest BCUT2D eigenvalue weighted by atomic mass is 35.5. The molecule has 0 aliphatic carbocycles. The number of carbonyl (C=O) groups excluding carboxylic acids is 2. The van der Waals surface area contributed by atoms with Gasteiger partial charge in [-0.3, -0.25) is 9.69 Å². The normalized spacial score (nSPS) is 11.0. The van der Waals surface area contributed by atoms with Crippen molar-refractivity contribution in [2.75, 3.05) is 23.3 Å². The van der Waals surface area contributed by atoms with Gasteiger partial charge in [0.15, 0.2) is 0 Å². The summed E-state index contributed by atoms with van der Waals surface area (Å²) in [7, 11) is 0. The summed E-state index contributed by atoms with van der Waals surface area (Å²) in [5.74, 6) is -0.261. The van der Waals surface area contributed by atoms with Crippen LogP contribution in [0, 0.1) is 0 Å². The van der Waals surface area contributed by atoms with Crippen LogP contribution in [-0.2, 0) is 17.4 Å². The zero-order chi connectivity index (χ0) is 23.8. The Labute approximate surface area is 194 Å². The molecular formula is C24H21ClF3N3O2. The number of urea groups is 1. The van der Waals surface area contributed by atoms with Crippen molar-refractivity contribution in [2.24, 2.45) is 0 Å². The average molecular weight is 476 g/mol. The van der Waals surface area contributed by atoms with E-state index in [1.165, 1.54) is 12.1 Å². The van der Waals surface area contributed by atoms with Crippen molar-refractivity contribution in [3.05, 3.63) is 95.0 Å². The van der Waals surface area contributed by atoms with Gasteiger partial charge < -0.3 is 10.6 Å². The van der Waals surface area contributed by atoms with Gasteiger partial charge in [0.1, 0.15) is 0 Å². The van der Waals surface area contributed by atoms with E-state index in [0.717, 1.165) is 22.6 Å². The van der Waals surface area contributed by atoms with Crippen molar-refractivity contribution >= 4 is 34.9 Å². The molecule has 3 aromatic rings. The number of alkyl halides is 3. The molecule has 3 aromatic carbocycles. The molecule has 0 atom stereocenters. The topological polar surface area (TPSA) is 61.4 Å². The van der Waals surface area contributed by atoms with Gasteiger partial charge in [-0.2, -0.15) is 13.2 Å². The Morgan fingerprint density at radius 2 is 1.61 bits per heavy atom. The van der Waals surface area contributed by atoms with Crippen LogP contribution in [0.25, 0.3) is 0 Å². The van der Waals surface area contributed by atoms with Gasteiger partial charge in [-0.05, 0) is 48.0 Å². The van der Waals surface area contributed by atoms with Crippen LogP contribution in [0.5, 0.6) is 0 Å². The fourth-order valence-electron chi connectivity index (χ4n) is 3.07. The molecule has 0 aliphatic heterocycles. The van der Waals surface area contributed by atoms with Crippen molar-refractivity contribution in [2.45, 2.75) is 12.6 Å². The Bertz CT molecular complexity index is 1090. The molecule has 172 valence electrons. The van der Waals surface area contributed by atoms with E-state index in [1.54, 1.807) is 24.3 Å². The van der Waals surface area contributed by atoms with Crippen LogP contribution in [-0.4, -0.2) is 25.0 Å². The maximum atomic E-state index is 13.2. The van der Waals surface area contributed by atoms with E-state index in [-0.39, 0.29) is 31.1 Å². The second-order valence-electron chi connectivity index (χ2n) is 7.15. The lowest BCUT2D eigenvalue weighted by molar-refractivity contribution is -0.137. The molecular weight excluding hydrogens is 455 g/mol. The molecule has 0 spiro atoms. The molecule has 2 N–H and O–H groups in total. The van der Waals surface area contributed by atoms with Gasteiger partial charge >= 0.3 is 12.2 Å². The van der Waals surface area contributed by atoms with Crippen LogP contribution < -0.4 is 15.5 Å². The number of nitrogens with zero attached hydrogens (tertiary/aromatic N) is 1. The molecule has 0 aromatic heterocycles.